The average molecular weight is 565 g/mol. The van der Waals surface area contributed by atoms with Crippen LogP contribution in [0.5, 0.6) is 5.75 Å². The zero-order valence-corrected chi connectivity index (χ0v) is 22.1. The van der Waals surface area contributed by atoms with Gasteiger partial charge in [0.15, 0.2) is 0 Å². The average Bonchev–Trinajstić information content (AvgIpc) is 3.44. The fraction of sp³-hybridized carbons (Fsp3) is 0.346. The number of hydrogen-bond acceptors (Lipinski definition) is 6. The van der Waals surface area contributed by atoms with E-state index in [9.17, 15) is 22.8 Å². The first-order chi connectivity index (χ1) is 18.0. The second-order valence-electron chi connectivity index (χ2n) is 9.44. The van der Waals surface area contributed by atoms with Crippen molar-refractivity contribution in [2.75, 3.05) is 13.1 Å². The summed E-state index contributed by atoms with van der Waals surface area (Å²) in [4.78, 5) is 30.1. The Morgan fingerprint density at radius 1 is 1.18 bits per heavy atom. The number of alkyl halides is 3. The highest BCUT2D eigenvalue weighted by atomic mass is 35.5. The molecule has 38 heavy (non-hydrogen) atoms. The molecule has 1 saturated heterocycles. The Bertz CT molecular complexity index is 1630. The largest absolute Gasteiger partial charge is 0.488 e. The maximum atomic E-state index is 12.9. The van der Waals surface area contributed by atoms with Gasteiger partial charge in [0.25, 0.3) is 5.56 Å². The van der Waals surface area contributed by atoms with Gasteiger partial charge in [-0.1, -0.05) is 18.5 Å². The molecule has 12 heteroatoms. The molecule has 1 fully saturated rings. The van der Waals surface area contributed by atoms with E-state index in [-0.39, 0.29) is 12.6 Å². The van der Waals surface area contributed by atoms with Crippen LogP contribution >= 0.6 is 22.9 Å². The van der Waals surface area contributed by atoms with Crippen LogP contribution in [0.3, 0.4) is 0 Å². The topological polar surface area (TPSA) is 78.2 Å². The van der Waals surface area contributed by atoms with Crippen LogP contribution < -0.4 is 21.3 Å². The summed E-state index contributed by atoms with van der Waals surface area (Å²) >= 11 is 7.75. The second kappa shape index (κ2) is 10.2. The lowest BCUT2D eigenvalue weighted by atomic mass is 10.0. The number of nitrogens with zero attached hydrogens (tertiary/aromatic N) is 3. The zero-order chi connectivity index (χ0) is 27.2. The molecular formula is C26H24ClF3N4O3S. The van der Waals surface area contributed by atoms with E-state index in [1.807, 2.05) is 25.1 Å². The molecule has 1 aliphatic rings. The van der Waals surface area contributed by atoms with Crippen LogP contribution in [0.25, 0.3) is 21.3 Å². The van der Waals surface area contributed by atoms with Gasteiger partial charge in [-0.3, -0.25) is 18.9 Å². The van der Waals surface area contributed by atoms with Crippen LogP contribution in [-0.2, 0) is 13.1 Å². The first-order valence-electron chi connectivity index (χ1n) is 11.9. The van der Waals surface area contributed by atoms with Crippen molar-refractivity contribution in [3.8, 4) is 16.9 Å². The van der Waals surface area contributed by atoms with Crippen molar-refractivity contribution in [2.45, 2.75) is 39.2 Å². The van der Waals surface area contributed by atoms with Gasteiger partial charge in [0.1, 0.15) is 18.4 Å². The minimum absolute atomic E-state index is 0.00586. The number of aromatic nitrogens is 3. The highest BCUT2D eigenvalue weighted by Crippen LogP contribution is 2.42. The summed E-state index contributed by atoms with van der Waals surface area (Å²) in [5, 5.41) is 3.88. The molecule has 0 bridgehead atoms. The van der Waals surface area contributed by atoms with Crippen molar-refractivity contribution in [3.05, 3.63) is 79.0 Å². The smallest absolute Gasteiger partial charge is 0.406 e. The summed E-state index contributed by atoms with van der Waals surface area (Å²) < 4.78 is 47.2. The highest BCUT2D eigenvalue weighted by molar-refractivity contribution is 7.19. The zero-order valence-electron chi connectivity index (χ0n) is 20.5. The van der Waals surface area contributed by atoms with Gasteiger partial charge in [-0.05, 0) is 36.8 Å². The standard InChI is InChI=1S/C26H24ClF3N4O3S/c1-14-7-16(27)8-19(23(14)37-21-11-31-10-15(21)2)18-3-5-32-20-9-17(38-24(18)20)12-34-22(35)4-6-33(25(34)36)13-26(28,29)30/h3-9,15,21,31H,10-13H2,1-2H3/t15-,21+/m1/s1. The van der Waals surface area contributed by atoms with E-state index in [4.69, 9.17) is 16.3 Å². The quantitative estimate of drug-likeness (QED) is 0.362. The van der Waals surface area contributed by atoms with Gasteiger partial charge in [-0.15, -0.1) is 11.3 Å². The predicted molar refractivity (Wildman–Crippen MR) is 141 cm³/mol. The minimum Gasteiger partial charge on any atom is -0.488 e. The van der Waals surface area contributed by atoms with Gasteiger partial charge in [-0.25, -0.2) is 4.79 Å². The maximum absolute atomic E-state index is 12.9. The van der Waals surface area contributed by atoms with E-state index >= 15 is 0 Å². The van der Waals surface area contributed by atoms with Gasteiger partial charge in [0.2, 0.25) is 0 Å². The second-order valence-corrected chi connectivity index (χ2v) is 11.0. The number of pyridine rings is 1. The highest BCUT2D eigenvalue weighted by Gasteiger charge is 2.29. The summed E-state index contributed by atoms with van der Waals surface area (Å²) in [6.07, 6.45) is -2.08. The van der Waals surface area contributed by atoms with Gasteiger partial charge in [0, 0.05) is 58.5 Å². The number of halogens is 4. The Morgan fingerprint density at radius 2 is 1.97 bits per heavy atom. The van der Waals surface area contributed by atoms with Crippen LogP contribution in [-0.4, -0.2) is 39.5 Å². The van der Waals surface area contributed by atoms with Crippen molar-refractivity contribution in [2.24, 2.45) is 5.92 Å². The molecule has 1 N–H and O–H groups in total. The summed E-state index contributed by atoms with van der Waals surface area (Å²) in [5.74, 6) is 1.04. The number of nitrogens with one attached hydrogen (secondary N) is 1. The molecule has 0 amide bonds. The van der Waals surface area contributed by atoms with Gasteiger partial charge in [-0.2, -0.15) is 13.2 Å². The van der Waals surface area contributed by atoms with Crippen molar-refractivity contribution >= 4 is 33.2 Å². The molecule has 0 unspecified atom stereocenters. The molecule has 1 aliphatic heterocycles. The predicted octanol–water partition coefficient (Wildman–Crippen LogP) is 4.85. The third kappa shape index (κ3) is 5.36. The normalized spacial score (nSPS) is 17.8. The van der Waals surface area contributed by atoms with E-state index in [0.717, 1.165) is 51.3 Å². The maximum Gasteiger partial charge on any atom is 0.406 e. The summed E-state index contributed by atoms with van der Waals surface area (Å²) in [7, 11) is 0. The molecule has 200 valence electrons. The molecule has 0 aliphatic carbocycles. The molecule has 1 aromatic carbocycles. The Balaban J connectivity index is 1.56. The molecule has 2 atom stereocenters. The number of benzene rings is 1. The SMILES string of the molecule is Cc1cc(Cl)cc(-c2ccnc3cc(Cn4c(=O)ccn(CC(F)(F)F)c4=O)sc23)c1O[C@H]1CNC[C@H]1C. The van der Waals surface area contributed by atoms with Gasteiger partial charge < -0.3 is 10.1 Å². The first kappa shape index (κ1) is 26.5. The third-order valence-electron chi connectivity index (χ3n) is 6.51. The molecule has 0 radical (unpaired) electrons. The van der Waals surface area contributed by atoms with Crippen molar-refractivity contribution < 1.29 is 17.9 Å². The van der Waals surface area contributed by atoms with Crippen LogP contribution in [0.1, 0.15) is 17.4 Å². The minimum atomic E-state index is -4.59. The van der Waals surface area contributed by atoms with Gasteiger partial charge >= 0.3 is 11.9 Å². The fourth-order valence-electron chi connectivity index (χ4n) is 4.63. The van der Waals surface area contributed by atoms with Gasteiger partial charge in [0.05, 0.1) is 16.8 Å². The monoisotopic (exact) mass is 564 g/mol. The van der Waals surface area contributed by atoms with Crippen molar-refractivity contribution in [3.63, 3.8) is 0 Å². The van der Waals surface area contributed by atoms with E-state index in [1.165, 1.54) is 11.3 Å². The Morgan fingerprint density at radius 3 is 2.68 bits per heavy atom. The number of hydrogen-bond donors (Lipinski definition) is 1. The third-order valence-corrected chi connectivity index (χ3v) is 7.87. The molecule has 3 aromatic heterocycles. The molecule has 4 heterocycles. The number of fused-ring (bicyclic) bond motifs is 1. The van der Waals surface area contributed by atoms with E-state index in [0.29, 0.717) is 31.7 Å². The number of ether oxygens (including phenoxy) is 1. The molecule has 0 spiro atoms. The van der Waals surface area contributed by atoms with Crippen LogP contribution in [0, 0.1) is 12.8 Å². The molecule has 7 nitrogen and oxygen atoms in total. The first-order valence-corrected chi connectivity index (χ1v) is 13.1. The summed E-state index contributed by atoms with van der Waals surface area (Å²) in [6, 6.07) is 8.22. The van der Waals surface area contributed by atoms with E-state index in [1.54, 1.807) is 12.3 Å². The number of rotatable bonds is 6. The van der Waals surface area contributed by atoms with Crippen molar-refractivity contribution in [1.29, 1.82) is 0 Å². The lowest BCUT2D eigenvalue weighted by molar-refractivity contribution is -0.141. The van der Waals surface area contributed by atoms with Crippen molar-refractivity contribution in [1.82, 2.24) is 19.4 Å². The van der Waals surface area contributed by atoms with Crippen LogP contribution in [0.4, 0.5) is 13.2 Å². The molecule has 5 rings (SSSR count). The van der Waals surface area contributed by atoms with Crippen LogP contribution in [0.15, 0.2) is 52.3 Å². The van der Waals surface area contributed by atoms with E-state index < -0.39 is 24.0 Å². The summed E-state index contributed by atoms with van der Waals surface area (Å²) in [6.45, 7) is 4.00. The molecule has 0 saturated carbocycles. The lowest BCUT2D eigenvalue weighted by Crippen LogP contribution is -2.41. The molecular weight excluding hydrogens is 541 g/mol. The number of thiophene rings is 1. The molecule has 4 aromatic rings. The Hall–Kier alpha value is -3.15. The Labute approximate surface area is 224 Å². The summed E-state index contributed by atoms with van der Waals surface area (Å²) in [5.41, 5.74) is 1.41. The van der Waals surface area contributed by atoms with Crippen LogP contribution in [0.2, 0.25) is 5.02 Å². The van der Waals surface area contributed by atoms with E-state index in [2.05, 4.69) is 17.2 Å². The lowest BCUT2D eigenvalue weighted by Gasteiger charge is -2.22. The Kier molecular flexibility index (Phi) is 7.10. The fourth-order valence-corrected chi connectivity index (χ4v) is 6.03. The number of aryl methyl sites for hydroxylation is 1.